The summed E-state index contributed by atoms with van der Waals surface area (Å²) >= 11 is 0. The summed E-state index contributed by atoms with van der Waals surface area (Å²) in [4.78, 5) is 10.2. The van der Waals surface area contributed by atoms with Crippen molar-refractivity contribution in [3.8, 4) is 11.1 Å². The van der Waals surface area contributed by atoms with Crippen LogP contribution < -0.4 is 5.73 Å². The first-order valence-corrected chi connectivity index (χ1v) is 14.7. The minimum Gasteiger partial charge on any atom is -0.456 e. The number of nitrogens with two attached hydrogens (primary N) is 1. The van der Waals surface area contributed by atoms with Gasteiger partial charge >= 0.3 is 0 Å². The Morgan fingerprint density at radius 3 is 1.89 bits per heavy atom. The molecule has 2 heterocycles. The lowest BCUT2D eigenvalue weighted by Crippen LogP contribution is -2.19. The number of aromatic nitrogens is 1. The first kappa shape index (κ1) is 25.7. The van der Waals surface area contributed by atoms with Crippen LogP contribution in [0.1, 0.15) is 11.1 Å². The van der Waals surface area contributed by atoms with Crippen LogP contribution in [-0.4, -0.2) is 16.4 Å². The molecule has 0 saturated carbocycles. The van der Waals surface area contributed by atoms with Crippen LogP contribution in [0.15, 0.2) is 160 Å². The molecule has 0 saturated heterocycles. The molecule has 2 aromatic heterocycles. The van der Waals surface area contributed by atoms with E-state index in [1.165, 1.54) is 0 Å². The molecule has 0 aliphatic carbocycles. The summed E-state index contributed by atoms with van der Waals surface area (Å²) in [6.45, 7) is 0.386. The summed E-state index contributed by atoms with van der Waals surface area (Å²) in [5.41, 5.74) is 14.5. The van der Waals surface area contributed by atoms with Crippen molar-refractivity contribution < 1.29 is 4.42 Å². The molecule has 0 amide bonds. The first-order valence-electron chi connectivity index (χ1n) is 14.7. The van der Waals surface area contributed by atoms with Crippen molar-refractivity contribution in [3.63, 3.8) is 0 Å². The molecule has 0 radical (unpaired) electrons. The topological polar surface area (TPSA) is 68.8 Å². The molecule has 5 nitrogen and oxygen atoms in total. The van der Waals surface area contributed by atoms with Gasteiger partial charge in [-0.25, -0.2) is 4.99 Å². The molecule has 0 bridgehead atoms. The van der Waals surface area contributed by atoms with Crippen molar-refractivity contribution in [1.29, 1.82) is 0 Å². The average molecular weight is 569 g/mol. The second-order valence-corrected chi connectivity index (χ2v) is 10.8. The third kappa shape index (κ3) is 4.34. The molecule has 0 unspecified atom stereocenters. The highest BCUT2D eigenvalue weighted by Gasteiger charge is 2.18. The SMILES string of the molecule is NC(=NC(=NCc1cccc2oc3cccc(-c4ccccc4)c3c12)n1c2ccccc2c2ccccc21)c1ccccc1. The summed E-state index contributed by atoms with van der Waals surface area (Å²) in [6.07, 6.45) is 0. The molecule has 8 aromatic rings. The summed E-state index contributed by atoms with van der Waals surface area (Å²) in [5.74, 6) is 0.932. The lowest BCUT2D eigenvalue weighted by molar-refractivity contribution is 0.668. The van der Waals surface area contributed by atoms with Gasteiger partial charge in [-0.3, -0.25) is 4.57 Å². The van der Waals surface area contributed by atoms with Crippen LogP contribution >= 0.6 is 0 Å². The lowest BCUT2D eigenvalue weighted by Gasteiger charge is -2.10. The average Bonchev–Trinajstić information content (AvgIpc) is 3.64. The van der Waals surface area contributed by atoms with Crippen molar-refractivity contribution in [1.82, 2.24) is 4.57 Å². The standard InChI is InChI=1S/C39H28N4O/c40-38(27-15-5-2-6-16-27)42-39(43-32-21-9-7-18-30(32)31-19-8-10-22-33(31)43)41-25-28-17-11-23-34-36(28)37-29(20-12-24-35(37)44-34)26-13-3-1-4-14-26/h1-24H,25H2,(H2,40,41,42). The Labute approximate surface area is 254 Å². The number of aliphatic imine (C=N–C) groups is 2. The van der Waals surface area contributed by atoms with Gasteiger partial charge in [0.15, 0.2) is 0 Å². The minimum absolute atomic E-state index is 0.386. The van der Waals surface area contributed by atoms with Gasteiger partial charge in [-0.1, -0.05) is 121 Å². The Morgan fingerprint density at radius 2 is 1.18 bits per heavy atom. The highest BCUT2D eigenvalue weighted by Crippen LogP contribution is 2.38. The van der Waals surface area contributed by atoms with Gasteiger partial charge in [-0.2, -0.15) is 4.99 Å². The Balaban J connectivity index is 1.35. The number of benzene rings is 6. The van der Waals surface area contributed by atoms with Gasteiger partial charge in [0.2, 0.25) is 5.96 Å². The largest absolute Gasteiger partial charge is 0.456 e. The normalized spacial score (nSPS) is 12.5. The maximum absolute atomic E-state index is 6.63. The molecule has 0 spiro atoms. The quantitative estimate of drug-likeness (QED) is 0.170. The van der Waals surface area contributed by atoms with Crippen LogP contribution in [0.3, 0.4) is 0 Å². The van der Waals surface area contributed by atoms with Crippen LogP contribution in [0.25, 0.3) is 54.9 Å². The van der Waals surface area contributed by atoms with Crippen molar-refractivity contribution in [2.24, 2.45) is 15.7 Å². The van der Waals surface area contributed by atoms with E-state index in [2.05, 4.69) is 77.4 Å². The number of rotatable bonds is 4. The highest BCUT2D eigenvalue weighted by molar-refractivity contribution is 6.17. The molecule has 44 heavy (non-hydrogen) atoms. The fraction of sp³-hybridized carbons (Fsp3) is 0.0256. The molecule has 8 rings (SSSR count). The Kier molecular flexibility index (Phi) is 6.27. The molecule has 0 atom stereocenters. The zero-order chi connectivity index (χ0) is 29.5. The maximum Gasteiger partial charge on any atom is 0.232 e. The molecule has 5 heteroatoms. The Hall–Kier alpha value is -5.94. The summed E-state index contributed by atoms with van der Waals surface area (Å²) in [5, 5.41) is 4.43. The van der Waals surface area contributed by atoms with E-state index in [4.69, 9.17) is 20.1 Å². The van der Waals surface area contributed by atoms with Crippen molar-refractivity contribution in [3.05, 3.63) is 157 Å². The minimum atomic E-state index is 0.386. The van der Waals surface area contributed by atoms with Gasteiger partial charge in [0, 0.05) is 27.1 Å². The van der Waals surface area contributed by atoms with E-state index in [1.54, 1.807) is 0 Å². The lowest BCUT2D eigenvalue weighted by atomic mass is 9.97. The predicted octanol–water partition coefficient (Wildman–Crippen LogP) is 9.17. The van der Waals surface area contributed by atoms with E-state index < -0.39 is 0 Å². The van der Waals surface area contributed by atoms with Crippen LogP contribution in [0.2, 0.25) is 0 Å². The summed E-state index contributed by atoms with van der Waals surface area (Å²) in [6, 6.07) is 49.4. The van der Waals surface area contributed by atoms with E-state index in [9.17, 15) is 0 Å². The second-order valence-electron chi connectivity index (χ2n) is 10.8. The van der Waals surface area contributed by atoms with E-state index in [1.807, 2.05) is 72.8 Å². The van der Waals surface area contributed by atoms with Gasteiger partial charge < -0.3 is 10.2 Å². The Bertz CT molecular complexity index is 2310. The van der Waals surface area contributed by atoms with E-state index in [0.29, 0.717) is 18.3 Å². The van der Waals surface area contributed by atoms with Gasteiger partial charge in [0.1, 0.15) is 17.0 Å². The number of furan rings is 1. The van der Waals surface area contributed by atoms with E-state index in [0.717, 1.165) is 66.0 Å². The summed E-state index contributed by atoms with van der Waals surface area (Å²) < 4.78 is 8.49. The Morgan fingerprint density at radius 1 is 0.591 bits per heavy atom. The number of hydrogen-bond acceptors (Lipinski definition) is 2. The number of nitrogens with zero attached hydrogens (tertiary/aromatic N) is 3. The van der Waals surface area contributed by atoms with E-state index >= 15 is 0 Å². The monoisotopic (exact) mass is 568 g/mol. The molecule has 2 N–H and O–H groups in total. The zero-order valence-electron chi connectivity index (χ0n) is 23.9. The van der Waals surface area contributed by atoms with Crippen LogP contribution in [0.5, 0.6) is 0 Å². The molecule has 0 fully saturated rings. The van der Waals surface area contributed by atoms with Crippen LogP contribution in [-0.2, 0) is 6.54 Å². The molecular weight excluding hydrogens is 540 g/mol. The molecule has 210 valence electrons. The maximum atomic E-state index is 6.63. The number of amidine groups is 1. The second kappa shape index (κ2) is 10.7. The number of hydrogen-bond donors (Lipinski definition) is 1. The van der Waals surface area contributed by atoms with Gasteiger partial charge in [0.05, 0.1) is 17.6 Å². The van der Waals surface area contributed by atoms with Gasteiger partial charge in [0.25, 0.3) is 0 Å². The fourth-order valence-corrected chi connectivity index (χ4v) is 6.16. The zero-order valence-corrected chi connectivity index (χ0v) is 23.9. The third-order valence-corrected chi connectivity index (χ3v) is 8.15. The van der Waals surface area contributed by atoms with E-state index in [-0.39, 0.29) is 0 Å². The summed E-state index contributed by atoms with van der Waals surface area (Å²) in [7, 11) is 0. The van der Waals surface area contributed by atoms with Crippen LogP contribution in [0.4, 0.5) is 0 Å². The molecule has 0 aliphatic heterocycles. The number of para-hydroxylation sites is 2. The molecular formula is C39H28N4O. The fourth-order valence-electron chi connectivity index (χ4n) is 6.16. The third-order valence-electron chi connectivity index (χ3n) is 8.15. The van der Waals surface area contributed by atoms with Gasteiger partial charge in [-0.15, -0.1) is 0 Å². The highest BCUT2D eigenvalue weighted by atomic mass is 16.3. The predicted molar refractivity (Wildman–Crippen MR) is 182 cm³/mol. The van der Waals surface area contributed by atoms with Crippen LogP contribution in [0, 0.1) is 0 Å². The number of fused-ring (bicyclic) bond motifs is 6. The molecule has 0 aliphatic rings. The molecule has 6 aromatic carbocycles. The smallest absolute Gasteiger partial charge is 0.232 e. The van der Waals surface area contributed by atoms with Crippen molar-refractivity contribution in [2.45, 2.75) is 6.54 Å². The van der Waals surface area contributed by atoms with Crippen molar-refractivity contribution in [2.75, 3.05) is 0 Å². The first-order chi connectivity index (χ1) is 21.8. The van der Waals surface area contributed by atoms with Gasteiger partial charge in [-0.05, 0) is 41.0 Å². The van der Waals surface area contributed by atoms with Crippen molar-refractivity contribution >= 4 is 55.5 Å².